The Hall–Kier alpha value is -2.57. The second-order valence-electron chi connectivity index (χ2n) is 6.98. The Labute approximate surface area is 166 Å². The number of β-amino-alcohol motifs (C(OH)–C–C–N with tert-alkyl or cyclic N) is 1. The first-order chi connectivity index (χ1) is 13.6. The van der Waals surface area contributed by atoms with Gasteiger partial charge in [0.05, 0.1) is 18.4 Å². The number of methoxy groups -OCH3 is 1. The van der Waals surface area contributed by atoms with Crippen molar-refractivity contribution in [2.24, 2.45) is 0 Å². The summed E-state index contributed by atoms with van der Waals surface area (Å²) >= 11 is 0. The Kier molecular flexibility index (Phi) is 6.90. The van der Waals surface area contributed by atoms with Gasteiger partial charge in [0.2, 0.25) is 0 Å². The van der Waals surface area contributed by atoms with Gasteiger partial charge < -0.3 is 19.5 Å². The smallest absolute Gasteiger partial charge is 0.163 e. The molecular formula is C22H28N2O4. The Morgan fingerprint density at radius 1 is 1.04 bits per heavy atom. The molecule has 6 nitrogen and oxygen atoms in total. The fourth-order valence-corrected chi connectivity index (χ4v) is 3.48. The number of aliphatic hydroxyl groups is 1. The first kappa shape index (κ1) is 20.2. The summed E-state index contributed by atoms with van der Waals surface area (Å²) in [7, 11) is 1.69. The molecule has 0 spiro atoms. The molecule has 1 fully saturated rings. The lowest BCUT2D eigenvalue weighted by molar-refractivity contribution is 0.0656. The van der Waals surface area contributed by atoms with Crippen LogP contribution in [0, 0.1) is 0 Å². The summed E-state index contributed by atoms with van der Waals surface area (Å²) < 4.78 is 11.2. The van der Waals surface area contributed by atoms with Crippen LogP contribution in [0.4, 0.5) is 5.69 Å². The Balaban J connectivity index is 1.48. The highest BCUT2D eigenvalue weighted by Gasteiger charge is 2.21. The third-order valence-corrected chi connectivity index (χ3v) is 4.96. The minimum absolute atomic E-state index is 0.0439. The zero-order valence-electron chi connectivity index (χ0n) is 16.5. The van der Waals surface area contributed by atoms with Crippen LogP contribution in [0.15, 0.2) is 48.5 Å². The average Bonchev–Trinajstić information content (AvgIpc) is 2.73. The van der Waals surface area contributed by atoms with Crippen molar-refractivity contribution in [1.82, 2.24) is 4.90 Å². The van der Waals surface area contributed by atoms with Gasteiger partial charge in [-0.05, 0) is 31.2 Å². The lowest BCUT2D eigenvalue weighted by Gasteiger charge is -2.37. The van der Waals surface area contributed by atoms with Gasteiger partial charge in [0.1, 0.15) is 24.2 Å². The zero-order chi connectivity index (χ0) is 19.9. The van der Waals surface area contributed by atoms with E-state index in [0.717, 1.165) is 37.6 Å². The molecule has 0 aromatic heterocycles. The number of anilines is 1. The van der Waals surface area contributed by atoms with E-state index in [1.54, 1.807) is 25.3 Å². The molecule has 1 atom stereocenters. The summed E-state index contributed by atoms with van der Waals surface area (Å²) in [5.74, 6) is 1.36. The maximum atomic E-state index is 11.7. The van der Waals surface area contributed by atoms with Crippen LogP contribution < -0.4 is 14.4 Å². The van der Waals surface area contributed by atoms with E-state index in [1.165, 1.54) is 6.92 Å². The molecule has 150 valence electrons. The van der Waals surface area contributed by atoms with E-state index >= 15 is 0 Å². The number of rotatable bonds is 8. The van der Waals surface area contributed by atoms with Gasteiger partial charge in [0.15, 0.2) is 5.78 Å². The van der Waals surface area contributed by atoms with E-state index in [2.05, 4.69) is 15.9 Å². The predicted molar refractivity (Wildman–Crippen MR) is 110 cm³/mol. The number of piperazine rings is 1. The Bertz CT molecular complexity index is 788. The van der Waals surface area contributed by atoms with Gasteiger partial charge >= 0.3 is 0 Å². The van der Waals surface area contributed by atoms with Crippen molar-refractivity contribution < 1.29 is 19.4 Å². The molecule has 3 rings (SSSR count). The number of carbonyl (C=O) groups excluding carboxylic acids is 1. The fraction of sp³-hybridized carbons (Fsp3) is 0.409. The van der Waals surface area contributed by atoms with E-state index in [-0.39, 0.29) is 12.4 Å². The number of ether oxygens (including phenoxy) is 2. The summed E-state index contributed by atoms with van der Waals surface area (Å²) in [6, 6.07) is 15.2. The van der Waals surface area contributed by atoms with Gasteiger partial charge in [-0.15, -0.1) is 0 Å². The first-order valence-corrected chi connectivity index (χ1v) is 9.59. The standard InChI is InChI=1S/C22H28N2O4/c1-17(25)19-7-3-5-9-21(19)28-16-18(26)15-23-11-13-24(14-12-23)20-8-4-6-10-22(20)27-2/h3-10,18,26H,11-16H2,1-2H3. The van der Waals surface area contributed by atoms with Crippen LogP contribution in [0.25, 0.3) is 0 Å². The molecule has 0 amide bonds. The Morgan fingerprint density at radius 2 is 1.68 bits per heavy atom. The molecule has 1 saturated heterocycles. The van der Waals surface area contributed by atoms with Crippen molar-refractivity contribution >= 4 is 11.5 Å². The van der Waals surface area contributed by atoms with Gasteiger partial charge in [-0.2, -0.15) is 0 Å². The molecule has 1 aliphatic heterocycles. The molecule has 1 aliphatic rings. The summed E-state index contributed by atoms with van der Waals surface area (Å²) in [5.41, 5.74) is 1.65. The van der Waals surface area contributed by atoms with E-state index in [9.17, 15) is 9.90 Å². The number of nitrogens with zero attached hydrogens (tertiary/aromatic N) is 2. The lowest BCUT2D eigenvalue weighted by atomic mass is 10.1. The number of hydrogen-bond donors (Lipinski definition) is 1. The minimum Gasteiger partial charge on any atom is -0.495 e. The van der Waals surface area contributed by atoms with Crippen LogP contribution in [0.2, 0.25) is 0 Å². The van der Waals surface area contributed by atoms with E-state index in [1.807, 2.05) is 24.3 Å². The number of para-hydroxylation sites is 3. The zero-order valence-corrected chi connectivity index (χ0v) is 16.5. The molecule has 0 aliphatic carbocycles. The quantitative estimate of drug-likeness (QED) is 0.706. The van der Waals surface area contributed by atoms with Crippen molar-refractivity contribution in [2.75, 3.05) is 51.3 Å². The second kappa shape index (κ2) is 9.57. The number of carbonyl (C=O) groups is 1. The third-order valence-electron chi connectivity index (χ3n) is 4.96. The maximum Gasteiger partial charge on any atom is 0.163 e. The molecule has 1 unspecified atom stereocenters. The Morgan fingerprint density at radius 3 is 2.36 bits per heavy atom. The molecule has 1 N–H and O–H groups in total. The normalized spacial score (nSPS) is 15.9. The van der Waals surface area contributed by atoms with E-state index in [0.29, 0.717) is 17.9 Å². The molecule has 1 heterocycles. The molecule has 28 heavy (non-hydrogen) atoms. The largest absolute Gasteiger partial charge is 0.495 e. The number of aliphatic hydroxyl groups excluding tert-OH is 1. The molecule has 2 aromatic carbocycles. The van der Waals surface area contributed by atoms with Crippen molar-refractivity contribution in [1.29, 1.82) is 0 Å². The van der Waals surface area contributed by atoms with Crippen molar-refractivity contribution in [3.8, 4) is 11.5 Å². The van der Waals surface area contributed by atoms with Crippen LogP contribution in [-0.4, -0.2) is 68.3 Å². The third kappa shape index (κ3) is 5.03. The van der Waals surface area contributed by atoms with Gasteiger partial charge in [-0.3, -0.25) is 9.69 Å². The SMILES string of the molecule is COc1ccccc1N1CCN(CC(O)COc2ccccc2C(C)=O)CC1. The molecule has 2 aromatic rings. The molecule has 0 bridgehead atoms. The summed E-state index contributed by atoms with van der Waals surface area (Å²) in [6.45, 7) is 5.69. The summed E-state index contributed by atoms with van der Waals surface area (Å²) in [5, 5.41) is 10.4. The summed E-state index contributed by atoms with van der Waals surface area (Å²) in [4.78, 5) is 16.2. The second-order valence-corrected chi connectivity index (χ2v) is 6.98. The van der Waals surface area contributed by atoms with E-state index < -0.39 is 6.10 Å². The molecule has 0 radical (unpaired) electrons. The van der Waals surface area contributed by atoms with Crippen LogP contribution in [0.5, 0.6) is 11.5 Å². The minimum atomic E-state index is -0.613. The number of hydrogen-bond acceptors (Lipinski definition) is 6. The predicted octanol–water partition coefficient (Wildman–Crippen LogP) is 2.46. The fourth-order valence-electron chi connectivity index (χ4n) is 3.48. The lowest BCUT2D eigenvalue weighted by Crippen LogP contribution is -2.49. The van der Waals surface area contributed by atoms with Gasteiger partial charge in [0.25, 0.3) is 0 Å². The highest BCUT2D eigenvalue weighted by Crippen LogP contribution is 2.28. The number of ketones is 1. The molecule has 0 saturated carbocycles. The van der Waals surface area contributed by atoms with Crippen molar-refractivity contribution in [3.05, 3.63) is 54.1 Å². The molecule has 6 heteroatoms. The highest BCUT2D eigenvalue weighted by molar-refractivity contribution is 5.96. The van der Waals surface area contributed by atoms with Crippen LogP contribution in [0.3, 0.4) is 0 Å². The van der Waals surface area contributed by atoms with E-state index in [4.69, 9.17) is 9.47 Å². The van der Waals surface area contributed by atoms with Gasteiger partial charge in [-0.1, -0.05) is 24.3 Å². The first-order valence-electron chi connectivity index (χ1n) is 9.59. The summed E-state index contributed by atoms with van der Waals surface area (Å²) in [6.07, 6.45) is -0.613. The topological polar surface area (TPSA) is 62.2 Å². The highest BCUT2D eigenvalue weighted by atomic mass is 16.5. The monoisotopic (exact) mass is 384 g/mol. The van der Waals surface area contributed by atoms with Crippen LogP contribution in [-0.2, 0) is 0 Å². The van der Waals surface area contributed by atoms with Crippen LogP contribution >= 0.6 is 0 Å². The maximum absolute atomic E-state index is 11.7. The number of Topliss-reactive ketones (excluding diaryl/α,β-unsaturated/α-hetero) is 1. The van der Waals surface area contributed by atoms with Crippen molar-refractivity contribution in [2.45, 2.75) is 13.0 Å². The van der Waals surface area contributed by atoms with Crippen molar-refractivity contribution in [3.63, 3.8) is 0 Å². The van der Waals surface area contributed by atoms with Gasteiger partial charge in [0, 0.05) is 32.7 Å². The average molecular weight is 384 g/mol. The van der Waals surface area contributed by atoms with Crippen LogP contribution in [0.1, 0.15) is 17.3 Å². The number of benzene rings is 2. The van der Waals surface area contributed by atoms with Gasteiger partial charge in [-0.25, -0.2) is 0 Å². The molecular weight excluding hydrogens is 356 g/mol.